The summed E-state index contributed by atoms with van der Waals surface area (Å²) in [7, 11) is 0. The van der Waals surface area contributed by atoms with Crippen molar-refractivity contribution in [1.82, 2.24) is 0 Å². The highest BCUT2D eigenvalue weighted by molar-refractivity contribution is 9.11. The van der Waals surface area contributed by atoms with E-state index in [2.05, 4.69) is 63.7 Å². The van der Waals surface area contributed by atoms with E-state index >= 15 is 0 Å². The minimum absolute atomic E-state index is 0.148. The highest BCUT2D eigenvalue weighted by Crippen LogP contribution is 2.61. The number of halogens is 8. The molecule has 0 N–H and O–H groups in total. The van der Waals surface area contributed by atoms with E-state index in [-0.39, 0.29) is 70.1 Å². The molecule has 8 aromatic rings. The third-order valence-corrected chi connectivity index (χ3v) is 16.0. The third-order valence-electron chi connectivity index (χ3n) is 13.8. The third kappa shape index (κ3) is 10.7. The molecule has 0 amide bonds. The Bertz CT molecular complexity index is 2800. The average Bonchev–Trinajstić information content (AvgIpc) is 3.36. The number of hydrogen-bond donors (Lipinski definition) is 0. The molecule has 2 fully saturated rings. The zero-order valence-electron chi connectivity index (χ0n) is 37.8. The summed E-state index contributed by atoms with van der Waals surface area (Å²) >= 11 is 13.6. The van der Waals surface area contributed by atoms with Crippen LogP contribution in [-0.2, 0) is 0 Å². The Balaban J connectivity index is 0.000000178. The molecule has 10 rings (SSSR count). The predicted molar refractivity (Wildman–Crippen MR) is 284 cm³/mol. The van der Waals surface area contributed by atoms with Gasteiger partial charge in [-0.15, -0.1) is 0 Å². The zero-order chi connectivity index (χ0) is 50.8. The van der Waals surface area contributed by atoms with E-state index in [0.717, 1.165) is 40.1 Å². The number of rotatable bonds is 12. The maximum atomic E-state index is 13.9. The van der Waals surface area contributed by atoms with E-state index in [1.54, 1.807) is 146 Å². The molecule has 0 aromatic heterocycles. The highest BCUT2D eigenvalue weighted by atomic mass is 79.9. The van der Waals surface area contributed by atoms with Crippen molar-refractivity contribution in [3.8, 4) is 0 Å². The Kier molecular flexibility index (Phi) is 15.6. The van der Waals surface area contributed by atoms with Crippen molar-refractivity contribution >= 4 is 86.9 Å². The van der Waals surface area contributed by atoms with Crippen molar-refractivity contribution in [3.63, 3.8) is 0 Å². The summed E-state index contributed by atoms with van der Waals surface area (Å²) in [4.78, 5) is 55.6. The number of carbonyl (C=O) groups excluding carboxylic acids is 4. The zero-order valence-corrected chi connectivity index (χ0v) is 44.1. The first-order chi connectivity index (χ1) is 34.7. The van der Waals surface area contributed by atoms with Gasteiger partial charge in [-0.1, -0.05) is 161 Å². The van der Waals surface area contributed by atoms with Gasteiger partial charge >= 0.3 is 0 Å². The van der Waals surface area contributed by atoms with Crippen LogP contribution in [0.25, 0.3) is 0 Å². The van der Waals surface area contributed by atoms with E-state index in [1.807, 2.05) is 0 Å². The molecule has 2 aliphatic rings. The lowest BCUT2D eigenvalue weighted by Crippen LogP contribution is -2.51. The van der Waals surface area contributed by atoms with E-state index < -0.39 is 23.7 Å². The maximum absolute atomic E-state index is 13.9. The summed E-state index contributed by atoms with van der Waals surface area (Å²) in [5.74, 6) is -6.28. The van der Waals surface area contributed by atoms with Crippen LogP contribution in [0.2, 0.25) is 0 Å². The standard InChI is InChI=1S/2C30H20Br2F2O2/c2*31-21-9-1-19(2-10-21)29(35)27-25(17-5-13-23(33)14-6-17)26(18-7-15-24(34)16-8-18)28(27)30(36)20-3-11-22(32)12-4-20/h2*1-16,25-28H/t2*25-,26+,27+,28-. The van der Waals surface area contributed by atoms with Gasteiger partial charge in [0.05, 0.1) is 0 Å². The van der Waals surface area contributed by atoms with Crippen LogP contribution in [0.1, 0.15) is 87.4 Å². The predicted octanol–water partition coefficient (Wildman–Crippen LogP) is 16.7. The van der Waals surface area contributed by atoms with E-state index in [4.69, 9.17) is 0 Å². The van der Waals surface area contributed by atoms with Crippen molar-refractivity contribution in [2.24, 2.45) is 23.7 Å². The molecular weight excluding hydrogens is 1180 g/mol. The average molecular weight is 1220 g/mol. The van der Waals surface area contributed by atoms with Crippen molar-refractivity contribution in [1.29, 1.82) is 0 Å². The maximum Gasteiger partial charge on any atom is 0.167 e. The Labute approximate surface area is 447 Å². The second-order valence-corrected chi connectivity index (χ2v) is 21.6. The lowest BCUT2D eigenvalue weighted by molar-refractivity contribution is 0.0456. The first kappa shape index (κ1) is 51.0. The van der Waals surface area contributed by atoms with E-state index in [9.17, 15) is 36.7 Å². The summed E-state index contributed by atoms with van der Waals surface area (Å²) in [5.41, 5.74) is 5.06. The molecule has 2 saturated carbocycles. The van der Waals surface area contributed by atoms with Crippen LogP contribution < -0.4 is 0 Å². The first-order valence-corrected chi connectivity index (χ1v) is 26.0. The fourth-order valence-electron chi connectivity index (χ4n) is 10.4. The van der Waals surface area contributed by atoms with Crippen molar-refractivity contribution < 1.29 is 36.7 Å². The smallest absolute Gasteiger partial charge is 0.167 e. The molecule has 12 heteroatoms. The van der Waals surface area contributed by atoms with Gasteiger partial charge in [0, 0.05) is 87.5 Å². The number of hydrogen-bond acceptors (Lipinski definition) is 4. The van der Waals surface area contributed by atoms with E-state index in [0.29, 0.717) is 22.3 Å². The van der Waals surface area contributed by atoms with Crippen molar-refractivity contribution in [2.45, 2.75) is 23.7 Å². The second-order valence-electron chi connectivity index (χ2n) is 17.9. The van der Waals surface area contributed by atoms with Crippen molar-refractivity contribution in [2.75, 3.05) is 0 Å². The number of carbonyl (C=O) groups is 4. The monoisotopic (exact) mass is 1220 g/mol. The fourth-order valence-corrected chi connectivity index (χ4v) is 11.5. The van der Waals surface area contributed by atoms with Gasteiger partial charge in [0.1, 0.15) is 23.3 Å². The van der Waals surface area contributed by atoms with Gasteiger partial charge in [-0.3, -0.25) is 19.2 Å². The summed E-state index contributed by atoms with van der Waals surface area (Å²) in [6, 6.07) is 52.5. The van der Waals surface area contributed by atoms with Crippen LogP contribution in [0.5, 0.6) is 0 Å². The van der Waals surface area contributed by atoms with Crippen LogP contribution in [0, 0.1) is 46.9 Å². The molecule has 360 valence electrons. The number of ketones is 4. The quantitative estimate of drug-likeness (QED) is 0.0903. The Morgan fingerprint density at radius 3 is 0.556 bits per heavy atom. The van der Waals surface area contributed by atoms with Crippen LogP contribution in [-0.4, -0.2) is 23.1 Å². The molecule has 0 aliphatic heterocycles. The molecule has 0 heterocycles. The summed E-state index contributed by atoms with van der Waals surface area (Å²) in [6.07, 6.45) is 0. The molecule has 0 spiro atoms. The minimum atomic E-state index is -0.664. The molecule has 0 bridgehead atoms. The Morgan fingerprint density at radius 1 is 0.250 bits per heavy atom. The summed E-state index contributed by atoms with van der Waals surface area (Å²) < 4.78 is 58.5. The molecule has 72 heavy (non-hydrogen) atoms. The van der Waals surface area contributed by atoms with Crippen LogP contribution in [0.4, 0.5) is 17.6 Å². The lowest BCUT2D eigenvalue weighted by Gasteiger charge is -2.51. The molecule has 0 radical (unpaired) electrons. The lowest BCUT2D eigenvalue weighted by atomic mass is 9.49. The number of benzene rings is 8. The molecule has 0 saturated heterocycles. The Hall–Kier alpha value is -5.92. The van der Waals surface area contributed by atoms with Crippen LogP contribution in [0.3, 0.4) is 0 Å². The summed E-state index contributed by atoms with van der Waals surface area (Å²) in [6.45, 7) is 0. The van der Waals surface area contributed by atoms with Gasteiger partial charge in [-0.05, 0) is 119 Å². The van der Waals surface area contributed by atoms with Gasteiger partial charge in [0.15, 0.2) is 23.1 Å². The molecule has 2 aliphatic carbocycles. The Morgan fingerprint density at radius 2 is 0.403 bits per heavy atom. The van der Waals surface area contributed by atoms with Crippen LogP contribution in [0.15, 0.2) is 212 Å². The first-order valence-electron chi connectivity index (χ1n) is 22.9. The molecule has 8 atom stereocenters. The van der Waals surface area contributed by atoms with Gasteiger partial charge in [0.2, 0.25) is 0 Å². The minimum Gasteiger partial charge on any atom is -0.294 e. The summed E-state index contributed by atoms with van der Waals surface area (Å²) in [5, 5.41) is 0. The molecule has 0 unspecified atom stereocenters. The van der Waals surface area contributed by atoms with Gasteiger partial charge in [-0.2, -0.15) is 0 Å². The van der Waals surface area contributed by atoms with Gasteiger partial charge in [-0.25, -0.2) is 17.6 Å². The molecule has 8 aromatic carbocycles. The second kappa shape index (κ2) is 22.1. The topological polar surface area (TPSA) is 68.3 Å². The normalized spacial score (nSPS) is 21.0. The molecular formula is C60H40Br4F4O4. The van der Waals surface area contributed by atoms with Crippen molar-refractivity contribution in [3.05, 3.63) is 280 Å². The van der Waals surface area contributed by atoms with E-state index in [1.165, 1.54) is 48.5 Å². The number of Topliss-reactive ketones (excluding diaryl/α,β-unsaturated/α-hetero) is 4. The SMILES string of the molecule is O=C(c1ccc(Br)cc1)[C@@H]1[C@H](C(=O)c2ccc(Br)cc2)[C@@H](c2ccc(F)cc2)[C@H]1c1ccc(F)cc1.O=C(c1ccc(Br)cc1)[C@@H]1[C@H](C(=O)c2ccc(Br)cc2)[C@@H](c2ccc(F)cc2)[C@H]1c1ccc(F)cc1. The fraction of sp³-hybridized carbons (Fsp3) is 0.133. The largest absolute Gasteiger partial charge is 0.294 e. The van der Waals surface area contributed by atoms with Crippen LogP contribution >= 0.6 is 63.7 Å². The molecule has 4 nitrogen and oxygen atoms in total. The van der Waals surface area contributed by atoms with Gasteiger partial charge in [0.25, 0.3) is 0 Å². The highest BCUT2D eigenvalue weighted by Gasteiger charge is 2.59. The van der Waals surface area contributed by atoms with Gasteiger partial charge < -0.3 is 0 Å².